The van der Waals surface area contributed by atoms with Gasteiger partial charge in [0.1, 0.15) is 0 Å². The zero-order valence-electron chi connectivity index (χ0n) is 12.4. The Morgan fingerprint density at radius 2 is 1.95 bits per heavy atom. The number of nitrogens with zero attached hydrogens (tertiary/aromatic N) is 1. The lowest BCUT2D eigenvalue weighted by Crippen LogP contribution is -2.35. The molecule has 1 aliphatic rings. The summed E-state index contributed by atoms with van der Waals surface area (Å²) in [5, 5.41) is 0. The van der Waals surface area contributed by atoms with Crippen molar-refractivity contribution in [2.24, 2.45) is 5.73 Å². The van der Waals surface area contributed by atoms with E-state index in [1.807, 2.05) is 6.92 Å². The molecule has 0 spiro atoms. The van der Waals surface area contributed by atoms with E-state index in [9.17, 15) is 0 Å². The molecule has 112 valence electrons. The summed E-state index contributed by atoms with van der Waals surface area (Å²) in [6, 6.07) is 13.1. The SMILES string of the molecule is CC(N)c1ccc(-c2ccccc2CN2CCOCC2)s1. The van der Waals surface area contributed by atoms with Crippen molar-refractivity contribution in [3.05, 3.63) is 46.8 Å². The van der Waals surface area contributed by atoms with E-state index in [0.29, 0.717) is 0 Å². The molecule has 1 fully saturated rings. The topological polar surface area (TPSA) is 38.5 Å². The molecular formula is C17H22N2OS. The van der Waals surface area contributed by atoms with Crippen molar-refractivity contribution < 1.29 is 4.74 Å². The lowest BCUT2D eigenvalue weighted by atomic mass is 10.1. The van der Waals surface area contributed by atoms with E-state index >= 15 is 0 Å². The van der Waals surface area contributed by atoms with Crippen LogP contribution in [0.4, 0.5) is 0 Å². The van der Waals surface area contributed by atoms with E-state index in [-0.39, 0.29) is 6.04 Å². The van der Waals surface area contributed by atoms with Crippen LogP contribution in [0.1, 0.15) is 23.4 Å². The number of thiophene rings is 1. The summed E-state index contributed by atoms with van der Waals surface area (Å²) >= 11 is 1.80. The fourth-order valence-corrected chi connectivity index (χ4v) is 3.66. The Morgan fingerprint density at radius 1 is 1.19 bits per heavy atom. The molecule has 3 rings (SSSR count). The first-order valence-corrected chi connectivity index (χ1v) is 8.29. The van der Waals surface area contributed by atoms with Crippen LogP contribution in [0.2, 0.25) is 0 Å². The number of benzene rings is 1. The second-order valence-corrected chi connectivity index (χ2v) is 6.65. The fourth-order valence-electron chi connectivity index (χ4n) is 2.64. The molecule has 0 radical (unpaired) electrons. The van der Waals surface area contributed by atoms with E-state index in [2.05, 4.69) is 41.3 Å². The third-order valence-corrected chi connectivity index (χ3v) is 5.18. The Labute approximate surface area is 130 Å². The molecule has 3 nitrogen and oxygen atoms in total. The van der Waals surface area contributed by atoms with Gasteiger partial charge < -0.3 is 10.5 Å². The minimum absolute atomic E-state index is 0.107. The molecule has 0 aliphatic carbocycles. The predicted molar refractivity (Wildman–Crippen MR) is 88.5 cm³/mol. The highest BCUT2D eigenvalue weighted by molar-refractivity contribution is 7.15. The second-order valence-electron chi connectivity index (χ2n) is 5.54. The monoisotopic (exact) mass is 302 g/mol. The van der Waals surface area contributed by atoms with Gasteiger partial charge in [0.2, 0.25) is 0 Å². The molecule has 0 bridgehead atoms. The van der Waals surface area contributed by atoms with Crippen LogP contribution in [-0.4, -0.2) is 31.2 Å². The van der Waals surface area contributed by atoms with Gasteiger partial charge in [-0.15, -0.1) is 11.3 Å². The van der Waals surface area contributed by atoms with Gasteiger partial charge in [-0.1, -0.05) is 24.3 Å². The number of hydrogen-bond acceptors (Lipinski definition) is 4. The van der Waals surface area contributed by atoms with Crippen molar-refractivity contribution in [3.63, 3.8) is 0 Å². The summed E-state index contributed by atoms with van der Waals surface area (Å²) < 4.78 is 5.43. The maximum Gasteiger partial charge on any atom is 0.0594 e. The van der Waals surface area contributed by atoms with Crippen LogP contribution >= 0.6 is 11.3 Å². The molecule has 2 N–H and O–H groups in total. The fraction of sp³-hybridized carbons (Fsp3) is 0.412. The number of hydrogen-bond donors (Lipinski definition) is 1. The molecule has 1 unspecified atom stereocenters. The minimum Gasteiger partial charge on any atom is -0.379 e. The summed E-state index contributed by atoms with van der Waals surface area (Å²) in [6.07, 6.45) is 0. The number of rotatable bonds is 4. The quantitative estimate of drug-likeness (QED) is 0.942. The summed E-state index contributed by atoms with van der Waals surface area (Å²) in [7, 11) is 0. The summed E-state index contributed by atoms with van der Waals surface area (Å²) in [6.45, 7) is 6.75. The predicted octanol–water partition coefficient (Wildman–Crippen LogP) is 3.27. The molecule has 1 atom stereocenters. The molecule has 1 aromatic carbocycles. The third-order valence-electron chi connectivity index (χ3n) is 3.86. The molecule has 2 aromatic rings. The van der Waals surface area contributed by atoms with Crippen molar-refractivity contribution in [3.8, 4) is 10.4 Å². The van der Waals surface area contributed by atoms with Crippen LogP contribution in [0.15, 0.2) is 36.4 Å². The van der Waals surface area contributed by atoms with Gasteiger partial charge in [0.05, 0.1) is 13.2 Å². The maximum atomic E-state index is 5.98. The Bertz CT molecular complexity index is 588. The Kier molecular flexibility index (Phi) is 4.70. The molecule has 1 aromatic heterocycles. The van der Waals surface area contributed by atoms with Gasteiger partial charge in [0.15, 0.2) is 0 Å². The van der Waals surface area contributed by atoms with Crippen molar-refractivity contribution in [1.29, 1.82) is 0 Å². The van der Waals surface area contributed by atoms with Gasteiger partial charge in [0.25, 0.3) is 0 Å². The van der Waals surface area contributed by atoms with E-state index in [0.717, 1.165) is 32.8 Å². The average Bonchev–Trinajstić information content (AvgIpc) is 2.99. The molecule has 1 saturated heterocycles. The first-order chi connectivity index (χ1) is 10.2. The van der Waals surface area contributed by atoms with Gasteiger partial charge in [-0.2, -0.15) is 0 Å². The van der Waals surface area contributed by atoms with Gasteiger partial charge in [0, 0.05) is 35.4 Å². The minimum atomic E-state index is 0.107. The molecule has 1 aliphatic heterocycles. The van der Waals surface area contributed by atoms with Crippen LogP contribution in [0.5, 0.6) is 0 Å². The average molecular weight is 302 g/mol. The number of ether oxygens (including phenoxy) is 1. The van der Waals surface area contributed by atoms with Crippen LogP contribution < -0.4 is 5.73 Å². The van der Waals surface area contributed by atoms with Crippen molar-refractivity contribution in [2.45, 2.75) is 19.5 Å². The molecule has 21 heavy (non-hydrogen) atoms. The molecular weight excluding hydrogens is 280 g/mol. The summed E-state index contributed by atoms with van der Waals surface area (Å²) in [4.78, 5) is 5.01. The first kappa shape index (κ1) is 14.7. The van der Waals surface area contributed by atoms with E-state index in [4.69, 9.17) is 10.5 Å². The van der Waals surface area contributed by atoms with Crippen LogP contribution in [0.3, 0.4) is 0 Å². The van der Waals surface area contributed by atoms with Gasteiger partial charge in [-0.05, 0) is 30.2 Å². The number of nitrogens with two attached hydrogens (primary N) is 1. The van der Waals surface area contributed by atoms with Crippen molar-refractivity contribution >= 4 is 11.3 Å². The smallest absolute Gasteiger partial charge is 0.0594 e. The van der Waals surface area contributed by atoms with Crippen LogP contribution in [0, 0.1) is 0 Å². The highest BCUT2D eigenvalue weighted by atomic mass is 32.1. The largest absolute Gasteiger partial charge is 0.379 e. The normalized spacial score (nSPS) is 17.8. The molecule has 2 heterocycles. The Morgan fingerprint density at radius 3 is 2.67 bits per heavy atom. The van der Waals surface area contributed by atoms with E-state index in [1.165, 1.54) is 20.9 Å². The van der Waals surface area contributed by atoms with Gasteiger partial charge >= 0.3 is 0 Å². The van der Waals surface area contributed by atoms with Gasteiger partial charge in [-0.3, -0.25) is 4.90 Å². The second kappa shape index (κ2) is 6.71. The Balaban J connectivity index is 1.84. The summed E-state index contributed by atoms with van der Waals surface area (Å²) in [5.74, 6) is 0. The maximum absolute atomic E-state index is 5.98. The van der Waals surface area contributed by atoms with Crippen LogP contribution in [0.25, 0.3) is 10.4 Å². The van der Waals surface area contributed by atoms with E-state index in [1.54, 1.807) is 11.3 Å². The zero-order chi connectivity index (χ0) is 14.7. The van der Waals surface area contributed by atoms with Crippen LogP contribution in [-0.2, 0) is 11.3 Å². The van der Waals surface area contributed by atoms with Crippen molar-refractivity contribution in [1.82, 2.24) is 4.90 Å². The molecule has 4 heteroatoms. The highest BCUT2D eigenvalue weighted by Crippen LogP contribution is 2.33. The number of morpholine rings is 1. The summed E-state index contributed by atoms with van der Waals surface area (Å²) in [5.41, 5.74) is 8.70. The lowest BCUT2D eigenvalue weighted by molar-refractivity contribution is 0.0342. The highest BCUT2D eigenvalue weighted by Gasteiger charge is 2.14. The molecule has 0 saturated carbocycles. The molecule has 0 amide bonds. The zero-order valence-corrected chi connectivity index (χ0v) is 13.2. The van der Waals surface area contributed by atoms with Gasteiger partial charge in [-0.25, -0.2) is 0 Å². The third kappa shape index (κ3) is 3.52. The standard InChI is InChI=1S/C17H22N2OS/c1-13(18)16-6-7-17(21-16)15-5-3-2-4-14(15)12-19-8-10-20-11-9-19/h2-7,13H,8-12,18H2,1H3. The Hall–Kier alpha value is -1.20. The van der Waals surface area contributed by atoms with E-state index < -0.39 is 0 Å². The first-order valence-electron chi connectivity index (χ1n) is 7.48. The lowest BCUT2D eigenvalue weighted by Gasteiger charge is -2.27. The van der Waals surface area contributed by atoms with Crippen molar-refractivity contribution in [2.75, 3.05) is 26.3 Å².